The zero-order chi connectivity index (χ0) is 46.3. The fourth-order valence-corrected chi connectivity index (χ4v) is 7.33. The molecule has 0 radical (unpaired) electrons. The van der Waals surface area contributed by atoms with E-state index in [9.17, 15) is 70.9 Å². The van der Waals surface area contributed by atoms with Gasteiger partial charge in [-0.25, -0.2) is 0 Å². The van der Waals surface area contributed by atoms with Gasteiger partial charge in [-0.1, -0.05) is 12.1 Å². The Morgan fingerprint density at radius 1 is 0.703 bits per heavy atom. The van der Waals surface area contributed by atoms with Gasteiger partial charge >= 0.3 is 0 Å². The van der Waals surface area contributed by atoms with E-state index in [4.69, 9.17) is 32.8 Å². The summed E-state index contributed by atoms with van der Waals surface area (Å²) in [6.45, 7) is 0.733. The second-order valence-corrected chi connectivity index (χ2v) is 15.1. The highest BCUT2D eigenvalue weighted by Gasteiger charge is 2.51. The van der Waals surface area contributed by atoms with Crippen molar-refractivity contribution >= 4 is 16.8 Å². The van der Waals surface area contributed by atoms with Gasteiger partial charge in [-0.05, 0) is 42.8 Å². The van der Waals surface area contributed by atoms with Crippen molar-refractivity contribution in [3.63, 3.8) is 0 Å². The smallest absolute Gasteiger partial charge is 0.238 e. The van der Waals surface area contributed by atoms with Crippen molar-refractivity contribution in [1.29, 1.82) is 0 Å². The number of Topliss-reactive ketones (excluding diaryl/α,β-unsaturated/α-hetero) is 1. The zero-order valence-corrected chi connectivity index (χ0v) is 33.7. The number of hydrogen-bond acceptors (Lipinski definition) is 21. The third kappa shape index (κ3) is 8.88. The van der Waals surface area contributed by atoms with Gasteiger partial charge in [0.15, 0.2) is 35.4 Å². The van der Waals surface area contributed by atoms with E-state index in [2.05, 4.69) is 0 Å². The van der Waals surface area contributed by atoms with Gasteiger partial charge in [0.2, 0.25) is 17.5 Å². The van der Waals surface area contributed by atoms with E-state index >= 15 is 0 Å². The topological polar surface area (TPSA) is 345 Å². The fourth-order valence-electron chi connectivity index (χ4n) is 7.33. The molecule has 2 fully saturated rings. The average molecular weight is 897 g/mol. The fraction of sp³-hybridized carbons (Fsp3) is 0.349. The van der Waals surface area contributed by atoms with Crippen molar-refractivity contribution in [2.75, 3.05) is 13.7 Å². The van der Waals surface area contributed by atoms with Crippen LogP contribution in [0.1, 0.15) is 35.4 Å². The highest BCUT2D eigenvalue weighted by molar-refractivity contribution is 6.02. The van der Waals surface area contributed by atoms with Crippen LogP contribution in [0.2, 0.25) is 0 Å². The molecule has 1 aromatic heterocycles. The van der Waals surface area contributed by atoms with Crippen LogP contribution in [-0.4, -0.2) is 142 Å². The number of aromatic hydroxyl groups is 6. The van der Waals surface area contributed by atoms with Crippen LogP contribution in [0.15, 0.2) is 75.9 Å². The van der Waals surface area contributed by atoms with E-state index in [1.54, 1.807) is 24.3 Å². The van der Waals surface area contributed by atoms with Gasteiger partial charge in [0, 0.05) is 29.8 Å². The van der Waals surface area contributed by atoms with Crippen LogP contribution >= 0.6 is 0 Å². The Morgan fingerprint density at radius 3 is 2.09 bits per heavy atom. The number of phenols is 5. The average Bonchev–Trinajstić information content (AvgIpc) is 3.26. The van der Waals surface area contributed by atoms with Crippen LogP contribution in [0.25, 0.3) is 22.3 Å². The molecule has 8 rings (SSSR count). The number of rotatable bonds is 8. The molecule has 64 heavy (non-hydrogen) atoms. The Balaban J connectivity index is 0.000000233. The normalized spacial score (nSPS) is 27.8. The first kappa shape index (κ1) is 45.6. The molecule has 0 aliphatic carbocycles. The first-order valence-corrected chi connectivity index (χ1v) is 19.5. The van der Waals surface area contributed by atoms with Crippen molar-refractivity contribution in [3.05, 3.63) is 88.1 Å². The summed E-state index contributed by atoms with van der Waals surface area (Å²) >= 11 is 0. The summed E-state index contributed by atoms with van der Waals surface area (Å²) in [5.74, 6) is -2.96. The molecule has 3 aliphatic rings. The summed E-state index contributed by atoms with van der Waals surface area (Å²) in [6, 6.07) is 15.1. The SMILES string of the molecule is COc1ccc([C@@H]2CC(=O)c3c(O)cc(O[C@@H]4O[C@H](CO)[C@@H](O)[C@H](O)[C@H]4O[C@@H]4O[C@@H](C)[C@H](O)[C@@H](O)[C@H]4O)cc3O2)cc1.O=c1c(O)c(-c2ccc(O)c(O)c2)oc2cc(O)cc(O)c12. The van der Waals surface area contributed by atoms with Crippen LogP contribution in [-0.2, 0) is 14.2 Å². The first-order chi connectivity index (χ1) is 30.4. The van der Waals surface area contributed by atoms with Gasteiger partial charge in [-0.15, -0.1) is 0 Å². The molecule has 11 atom stereocenters. The Bertz CT molecular complexity index is 2560. The number of ketones is 1. The summed E-state index contributed by atoms with van der Waals surface area (Å²) in [6.07, 6.45) is -15.8. The molecular weight excluding hydrogens is 852 g/mol. The highest BCUT2D eigenvalue weighted by Crippen LogP contribution is 2.43. The van der Waals surface area contributed by atoms with E-state index in [0.29, 0.717) is 11.3 Å². The molecule has 0 spiro atoms. The molecule has 21 heteroatoms. The second kappa shape index (κ2) is 18.4. The Labute approximate surface area is 360 Å². The number of fused-ring (bicyclic) bond motifs is 2. The van der Waals surface area contributed by atoms with Gasteiger partial charge in [0.05, 0.1) is 26.2 Å². The molecule has 342 valence electrons. The van der Waals surface area contributed by atoms with E-state index in [-0.39, 0.29) is 63.1 Å². The molecule has 0 bridgehead atoms. The molecule has 0 saturated carbocycles. The Hall–Kier alpha value is -6.40. The predicted molar refractivity (Wildman–Crippen MR) is 215 cm³/mol. The van der Waals surface area contributed by atoms with Crippen molar-refractivity contribution in [1.82, 2.24) is 0 Å². The van der Waals surface area contributed by atoms with Gasteiger partial charge in [-0.2, -0.15) is 0 Å². The number of methoxy groups -OCH3 is 1. The third-order valence-corrected chi connectivity index (χ3v) is 10.8. The minimum atomic E-state index is -1.74. The molecule has 0 unspecified atom stereocenters. The number of carbonyl (C=O) groups excluding carboxylic acids is 1. The molecule has 4 aromatic carbocycles. The number of phenolic OH excluding ortho intramolecular Hbond substituents is 5. The number of aliphatic hydroxyl groups is 6. The lowest BCUT2D eigenvalue weighted by atomic mass is 9.95. The minimum absolute atomic E-state index is 0.0200. The molecule has 0 amide bonds. The van der Waals surface area contributed by atoms with Gasteiger partial charge < -0.3 is 94.1 Å². The lowest BCUT2D eigenvalue weighted by Crippen LogP contribution is -2.64. The molecule has 21 nitrogen and oxygen atoms in total. The lowest BCUT2D eigenvalue weighted by molar-refractivity contribution is -0.354. The van der Waals surface area contributed by atoms with Gasteiger partial charge in [0.1, 0.15) is 93.8 Å². The molecule has 5 aromatic rings. The van der Waals surface area contributed by atoms with Gasteiger partial charge in [-0.3, -0.25) is 9.59 Å². The number of carbonyl (C=O) groups is 1. The standard InChI is InChI=1S/C28H34O14.C15H10O7/c1-11-21(32)23(34)25(36)27(38-11)42-26-24(35)22(33)19(10-29)41-28(26)39-14-7-15(30)20-16(31)9-17(40-18(20)8-14)12-3-5-13(37-2)6-4-12;16-7-4-10(19)12-11(5-7)22-15(14(21)13(12)20)6-1-2-8(17)9(18)3-6/h3-8,11,17,19,21-30,32-36H,9-10H2,1-2H3;1-5,16-19,21H/t11-,17-,19+,21-,22+,23+,24-,25+,26+,27-,28+;/m0./s1. The quantitative estimate of drug-likeness (QED) is 0.0971. The van der Waals surface area contributed by atoms with E-state index in [0.717, 1.165) is 30.3 Å². The number of ether oxygens (including phenoxy) is 6. The Kier molecular flexibility index (Phi) is 13.1. The highest BCUT2D eigenvalue weighted by atomic mass is 16.8. The summed E-state index contributed by atoms with van der Waals surface area (Å²) in [7, 11) is 1.53. The summed E-state index contributed by atoms with van der Waals surface area (Å²) in [4.78, 5) is 25.1. The predicted octanol–water partition coefficient (Wildman–Crippen LogP) is 1.13. The summed E-state index contributed by atoms with van der Waals surface area (Å²) in [5, 5.41) is 120. The molecule has 2 saturated heterocycles. The first-order valence-electron chi connectivity index (χ1n) is 19.5. The zero-order valence-electron chi connectivity index (χ0n) is 33.7. The maximum absolute atomic E-state index is 12.9. The lowest BCUT2D eigenvalue weighted by Gasteiger charge is -2.45. The maximum atomic E-state index is 12.9. The van der Waals surface area contributed by atoms with Crippen LogP contribution in [0.4, 0.5) is 0 Å². The van der Waals surface area contributed by atoms with Crippen LogP contribution in [0.5, 0.6) is 51.7 Å². The van der Waals surface area contributed by atoms with E-state index in [1.165, 1.54) is 26.2 Å². The van der Waals surface area contributed by atoms with Crippen LogP contribution < -0.4 is 19.6 Å². The van der Waals surface area contributed by atoms with Crippen molar-refractivity contribution < 1.29 is 98.9 Å². The summed E-state index contributed by atoms with van der Waals surface area (Å²) in [5.41, 5.74) is -0.243. The van der Waals surface area contributed by atoms with E-state index in [1.807, 2.05) is 0 Å². The largest absolute Gasteiger partial charge is 0.508 e. The van der Waals surface area contributed by atoms with Crippen LogP contribution in [0, 0.1) is 0 Å². The van der Waals surface area contributed by atoms with Crippen molar-refractivity contribution in [2.24, 2.45) is 0 Å². The molecule has 12 N–H and O–H groups in total. The maximum Gasteiger partial charge on any atom is 0.238 e. The van der Waals surface area contributed by atoms with E-state index < -0.39 is 103 Å². The summed E-state index contributed by atoms with van der Waals surface area (Å²) < 4.78 is 39.2. The molecule has 3 aliphatic heterocycles. The molecule has 4 heterocycles. The number of benzene rings is 4. The molecular formula is C43H44O21. The monoisotopic (exact) mass is 896 g/mol. The van der Waals surface area contributed by atoms with Crippen molar-refractivity contribution in [2.45, 2.75) is 80.9 Å². The van der Waals surface area contributed by atoms with Crippen LogP contribution in [0.3, 0.4) is 0 Å². The third-order valence-electron chi connectivity index (χ3n) is 10.8. The second-order valence-electron chi connectivity index (χ2n) is 15.1. The Morgan fingerprint density at radius 2 is 1.42 bits per heavy atom. The number of hydrogen-bond donors (Lipinski definition) is 12. The minimum Gasteiger partial charge on any atom is -0.508 e. The van der Waals surface area contributed by atoms with Gasteiger partial charge in [0.25, 0.3) is 0 Å². The van der Waals surface area contributed by atoms with Crippen molar-refractivity contribution in [3.8, 4) is 63.1 Å². The number of aliphatic hydroxyl groups excluding tert-OH is 6.